The Morgan fingerprint density at radius 3 is 2.11 bits per heavy atom. The predicted molar refractivity (Wildman–Crippen MR) is 71.4 cm³/mol. The number of rotatable bonds is 6. The van der Waals surface area contributed by atoms with E-state index in [1.165, 1.54) is 0 Å². The van der Waals surface area contributed by atoms with Gasteiger partial charge in [-0.25, -0.2) is 0 Å². The predicted octanol–water partition coefficient (Wildman–Crippen LogP) is 3.35. The Balaban J connectivity index is 0.000000454. The van der Waals surface area contributed by atoms with Crippen molar-refractivity contribution < 1.29 is 21.9 Å². The molecule has 0 spiro atoms. The van der Waals surface area contributed by atoms with Gasteiger partial charge < -0.3 is 65.0 Å². The SMILES string of the molecule is O=C(CCCCCBr)[c-]1[c-][c-][c-][c-]1.[Fe+2].[c-]1[c-][c-][cH-][c-]1. The molecule has 0 atom stereocenters. The summed E-state index contributed by atoms with van der Waals surface area (Å²) in [5.74, 6) is 0.104. The van der Waals surface area contributed by atoms with Crippen LogP contribution in [0.3, 0.4) is 0 Å². The maximum atomic E-state index is 11.4. The van der Waals surface area contributed by atoms with Gasteiger partial charge >= 0.3 is 17.1 Å². The zero-order chi connectivity index (χ0) is 13.1. The van der Waals surface area contributed by atoms with Crippen LogP contribution in [-0.2, 0) is 17.1 Å². The number of ketones is 1. The molecule has 0 radical (unpaired) electrons. The molecule has 0 aliphatic heterocycles. The summed E-state index contributed by atoms with van der Waals surface area (Å²) < 4.78 is 0. The first-order valence-electron chi connectivity index (χ1n) is 5.65. The molecular formula is C16H11BrFeO-8. The largest absolute Gasteiger partial charge is 2.00 e. The molecule has 0 saturated heterocycles. The maximum absolute atomic E-state index is 11.4. The molecule has 0 N–H and O–H groups in total. The van der Waals surface area contributed by atoms with Gasteiger partial charge in [-0.1, -0.05) is 28.8 Å². The van der Waals surface area contributed by atoms with Gasteiger partial charge in [0.2, 0.25) is 0 Å². The number of alkyl halides is 1. The zero-order valence-corrected chi connectivity index (χ0v) is 12.9. The molecule has 2 aromatic carbocycles. The van der Waals surface area contributed by atoms with Crippen molar-refractivity contribution in [1.29, 1.82) is 0 Å². The van der Waals surface area contributed by atoms with E-state index >= 15 is 0 Å². The molecule has 0 amide bonds. The number of unbranched alkanes of at least 4 members (excludes halogenated alkanes) is 2. The van der Waals surface area contributed by atoms with Crippen LogP contribution in [0, 0.1) is 48.5 Å². The number of hydrogen-bond donors (Lipinski definition) is 0. The fourth-order valence-corrected chi connectivity index (χ4v) is 1.62. The van der Waals surface area contributed by atoms with E-state index in [0.717, 1.165) is 24.6 Å². The summed E-state index contributed by atoms with van der Waals surface area (Å²) in [5.41, 5.74) is 0.499. The quantitative estimate of drug-likeness (QED) is 0.255. The molecular weight excluding hydrogens is 344 g/mol. The molecule has 104 valence electrons. The summed E-state index contributed by atoms with van der Waals surface area (Å²) in [6, 6.07) is 22.5. The first-order valence-corrected chi connectivity index (χ1v) is 6.77. The van der Waals surface area contributed by atoms with E-state index in [1.807, 2.05) is 0 Å². The van der Waals surface area contributed by atoms with E-state index in [1.54, 1.807) is 6.07 Å². The Hall–Kier alpha value is -0.631. The van der Waals surface area contributed by atoms with E-state index in [9.17, 15) is 4.79 Å². The molecule has 0 heterocycles. The van der Waals surface area contributed by atoms with Crippen molar-refractivity contribution in [1.82, 2.24) is 0 Å². The topological polar surface area (TPSA) is 17.1 Å². The second-order valence-electron chi connectivity index (χ2n) is 3.48. The summed E-state index contributed by atoms with van der Waals surface area (Å²) in [6.45, 7) is 0. The molecule has 0 unspecified atom stereocenters. The Bertz CT molecular complexity index is 375. The number of carbonyl (C=O) groups excluding carboxylic acids is 1. The van der Waals surface area contributed by atoms with Gasteiger partial charge in [-0.3, -0.25) is 5.78 Å². The first kappa shape index (κ1) is 18.4. The van der Waals surface area contributed by atoms with Crippen LogP contribution in [0.4, 0.5) is 0 Å². The van der Waals surface area contributed by atoms with E-state index in [-0.39, 0.29) is 22.9 Å². The summed E-state index contributed by atoms with van der Waals surface area (Å²) >= 11 is 3.35. The third-order valence-corrected chi connectivity index (χ3v) is 2.67. The Labute approximate surface area is 134 Å². The third-order valence-electron chi connectivity index (χ3n) is 2.10. The van der Waals surface area contributed by atoms with Crippen LogP contribution >= 0.6 is 15.9 Å². The van der Waals surface area contributed by atoms with Crippen molar-refractivity contribution in [2.45, 2.75) is 25.7 Å². The van der Waals surface area contributed by atoms with Gasteiger partial charge in [-0.15, -0.1) is 6.42 Å². The van der Waals surface area contributed by atoms with Crippen LogP contribution in [0.2, 0.25) is 0 Å². The molecule has 0 aliphatic carbocycles. The molecule has 2 rings (SSSR count). The third kappa shape index (κ3) is 8.98. The zero-order valence-electron chi connectivity index (χ0n) is 10.3. The van der Waals surface area contributed by atoms with Crippen LogP contribution in [-0.4, -0.2) is 11.1 Å². The minimum absolute atomic E-state index is 0. The molecule has 0 saturated carbocycles. The minimum atomic E-state index is 0. The van der Waals surface area contributed by atoms with Crippen molar-refractivity contribution in [3.05, 3.63) is 60.2 Å². The normalized spacial score (nSPS) is 9.11. The fraction of sp³-hybridized carbons (Fsp3) is 0.312. The van der Waals surface area contributed by atoms with E-state index in [4.69, 9.17) is 0 Å². The first-order chi connectivity index (χ1) is 8.84. The number of carbonyl (C=O) groups is 1. The average Bonchev–Trinajstić information content (AvgIpc) is 3.09. The van der Waals surface area contributed by atoms with Crippen LogP contribution in [0.1, 0.15) is 36.0 Å². The van der Waals surface area contributed by atoms with Crippen LogP contribution in [0.25, 0.3) is 0 Å². The molecule has 1 nitrogen and oxygen atoms in total. The molecule has 0 fully saturated rings. The minimum Gasteiger partial charge on any atom is -0.999 e. The molecule has 19 heavy (non-hydrogen) atoms. The van der Waals surface area contributed by atoms with Gasteiger partial charge in [0.1, 0.15) is 0 Å². The standard InChI is InChI=1S/C11H10BrO.C5H.Fe/c12-9-5-1-2-8-11(13)10-6-3-4-7-10;1-2-4-5-3-1;/h1-2,5,8-9H2;1H;/q2*-5;+2. The molecule has 0 aromatic heterocycles. The van der Waals surface area contributed by atoms with E-state index in [2.05, 4.69) is 64.5 Å². The summed E-state index contributed by atoms with van der Waals surface area (Å²) in [5, 5.41) is 1.01. The number of halogens is 1. The monoisotopic (exact) mass is 354 g/mol. The summed E-state index contributed by atoms with van der Waals surface area (Å²) in [6.07, 6.45) is 3.74. The Kier molecular flexibility index (Phi) is 12.0. The summed E-state index contributed by atoms with van der Waals surface area (Å²) in [4.78, 5) is 11.4. The number of Topliss-reactive ketones (excluding diaryl/α,β-unsaturated/α-hetero) is 1. The molecule has 2 aromatic rings. The van der Waals surface area contributed by atoms with Crippen molar-refractivity contribution >= 4 is 21.7 Å². The Morgan fingerprint density at radius 2 is 1.63 bits per heavy atom. The van der Waals surface area contributed by atoms with Crippen LogP contribution < -0.4 is 0 Å². The summed E-state index contributed by atoms with van der Waals surface area (Å²) in [7, 11) is 0. The van der Waals surface area contributed by atoms with Crippen molar-refractivity contribution in [3.63, 3.8) is 0 Å². The second kappa shape index (κ2) is 12.4. The number of hydrogen-bond acceptors (Lipinski definition) is 1. The van der Waals surface area contributed by atoms with Crippen molar-refractivity contribution in [3.8, 4) is 0 Å². The van der Waals surface area contributed by atoms with Crippen LogP contribution in [0.5, 0.6) is 0 Å². The van der Waals surface area contributed by atoms with Gasteiger partial charge in [0, 0.05) is 5.33 Å². The molecule has 0 aliphatic rings. The van der Waals surface area contributed by atoms with Gasteiger partial charge in [-0.05, 0) is 6.42 Å². The molecule has 0 bridgehead atoms. The Morgan fingerprint density at radius 1 is 1.00 bits per heavy atom. The van der Waals surface area contributed by atoms with E-state index < -0.39 is 0 Å². The molecule has 3 heteroatoms. The second-order valence-corrected chi connectivity index (χ2v) is 4.27. The van der Waals surface area contributed by atoms with Crippen molar-refractivity contribution in [2.75, 3.05) is 5.33 Å². The van der Waals surface area contributed by atoms with Crippen LogP contribution in [0.15, 0.2) is 6.07 Å². The average molecular weight is 355 g/mol. The fourth-order valence-electron chi connectivity index (χ4n) is 1.22. The van der Waals surface area contributed by atoms with Gasteiger partial charge in [0.25, 0.3) is 0 Å². The smallest absolute Gasteiger partial charge is 0.999 e. The van der Waals surface area contributed by atoms with Crippen molar-refractivity contribution in [2.24, 2.45) is 0 Å². The van der Waals surface area contributed by atoms with E-state index in [0.29, 0.717) is 12.0 Å². The maximum Gasteiger partial charge on any atom is 2.00 e. The van der Waals surface area contributed by atoms with Gasteiger partial charge in [0.05, 0.1) is 0 Å². The van der Waals surface area contributed by atoms with Gasteiger partial charge in [-0.2, -0.15) is 0 Å². The van der Waals surface area contributed by atoms with Gasteiger partial charge in [0.15, 0.2) is 0 Å².